The second-order valence-electron chi connectivity index (χ2n) is 4.15. The Kier molecular flexibility index (Phi) is 2.47. The van der Waals surface area contributed by atoms with Crippen molar-refractivity contribution in [2.75, 3.05) is 0 Å². The van der Waals surface area contributed by atoms with E-state index in [-0.39, 0.29) is 11.1 Å². The fourth-order valence-corrected chi connectivity index (χ4v) is 1.40. The average Bonchev–Trinajstić information content (AvgIpc) is 2.01. The average molecular weight is 195 g/mol. The zero-order chi connectivity index (χ0) is 10.9. The van der Waals surface area contributed by atoms with E-state index in [1.165, 1.54) is 12.3 Å². The van der Waals surface area contributed by atoms with E-state index in [4.69, 9.17) is 5.11 Å². The summed E-state index contributed by atoms with van der Waals surface area (Å²) in [4.78, 5) is 24.8. The Balaban J connectivity index is 3.54. The molecular formula is C10H13NO3. The molecule has 4 nitrogen and oxygen atoms in total. The molecule has 1 aromatic heterocycles. The molecule has 0 aliphatic heterocycles. The molecular weight excluding hydrogens is 182 g/mol. The molecule has 2 N–H and O–H groups in total. The topological polar surface area (TPSA) is 70.2 Å². The van der Waals surface area contributed by atoms with Crippen LogP contribution in [0.2, 0.25) is 0 Å². The molecule has 0 atom stereocenters. The highest BCUT2D eigenvalue weighted by molar-refractivity contribution is 5.89. The van der Waals surface area contributed by atoms with Crippen LogP contribution in [0.5, 0.6) is 0 Å². The molecule has 0 bridgehead atoms. The summed E-state index contributed by atoms with van der Waals surface area (Å²) in [5, 5.41) is 8.90. The molecule has 14 heavy (non-hydrogen) atoms. The first kappa shape index (κ1) is 10.5. The van der Waals surface area contributed by atoms with Crippen LogP contribution in [0.3, 0.4) is 0 Å². The molecule has 4 heteroatoms. The highest BCUT2D eigenvalue weighted by Crippen LogP contribution is 2.21. The molecule has 0 radical (unpaired) electrons. The second kappa shape index (κ2) is 3.29. The van der Waals surface area contributed by atoms with Crippen LogP contribution in [-0.2, 0) is 5.41 Å². The molecule has 0 fully saturated rings. The number of rotatable bonds is 1. The highest BCUT2D eigenvalue weighted by Gasteiger charge is 2.24. The van der Waals surface area contributed by atoms with E-state index < -0.39 is 11.4 Å². The smallest absolute Gasteiger partial charge is 0.336 e. The van der Waals surface area contributed by atoms with Crippen molar-refractivity contribution in [3.63, 3.8) is 0 Å². The Hall–Kier alpha value is -1.58. The largest absolute Gasteiger partial charge is 0.478 e. The molecule has 0 aromatic carbocycles. The van der Waals surface area contributed by atoms with Crippen LogP contribution >= 0.6 is 0 Å². The van der Waals surface area contributed by atoms with E-state index in [2.05, 4.69) is 4.98 Å². The van der Waals surface area contributed by atoms with Crippen LogP contribution in [0.25, 0.3) is 0 Å². The van der Waals surface area contributed by atoms with Crippen LogP contribution in [-0.4, -0.2) is 16.1 Å². The quantitative estimate of drug-likeness (QED) is 0.711. The third-order valence-corrected chi connectivity index (χ3v) is 1.94. The van der Waals surface area contributed by atoms with Crippen LogP contribution in [0.15, 0.2) is 17.1 Å². The molecule has 0 aliphatic carbocycles. The normalized spacial score (nSPS) is 11.4. The van der Waals surface area contributed by atoms with Crippen molar-refractivity contribution in [3.05, 3.63) is 33.7 Å². The zero-order valence-electron chi connectivity index (χ0n) is 8.42. The lowest BCUT2D eigenvalue weighted by atomic mass is 9.85. The molecule has 76 valence electrons. The fourth-order valence-electron chi connectivity index (χ4n) is 1.40. The lowest BCUT2D eigenvalue weighted by molar-refractivity contribution is 0.0693. The van der Waals surface area contributed by atoms with Crippen molar-refractivity contribution in [2.24, 2.45) is 0 Å². The Morgan fingerprint density at radius 1 is 1.43 bits per heavy atom. The van der Waals surface area contributed by atoms with Gasteiger partial charge in [0.2, 0.25) is 0 Å². The Morgan fingerprint density at radius 2 is 2.00 bits per heavy atom. The van der Waals surface area contributed by atoms with Gasteiger partial charge < -0.3 is 10.1 Å². The summed E-state index contributed by atoms with van der Waals surface area (Å²) in [6, 6.07) is 1.41. The van der Waals surface area contributed by atoms with E-state index in [0.717, 1.165) is 0 Å². The molecule has 0 saturated heterocycles. The third-order valence-electron chi connectivity index (χ3n) is 1.94. The summed E-state index contributed by atoms with van der Waals surface area (Å²) in [5.41, 5.74) is -0.422. The SMILES string of the molecule is CC(C)(C)c1c(C(=O)O)cc[nH]c1=O. The second-order valence-corrected chi connectivity index (χ2v) is 4.15. The monoisotopic (exact) mass is 195 g/mol. The number of aromatic nitrogens is 1. The van der Waals surface area contributed by atoms with Gasteiger partial charge in [0.1, 0.15) is 0 Å². The molecule has 0 saturated carbocycles. The van der Waals surface area contributed by atoms with E-state index >= 15 is 0 Å². The summed E-state index contributed by atoms with van der Waals surface area (Å²) < 4.78 is 0. The van der Waals surface area contributed by atoms with Crippen molar-refractivity contribution in [1.29, 1.82) is 0 Å². The molecule has 0 amide bonds. The van der Waals surface area contributed by atoms with Gasteiger partial charge in [0.15, 0.2) is 0 Å². The van der Waals surface area contributed by atoms with Crippen LogP contribution in [0.1, 0.15) is 36.7 Å². The molecule has 0 unspecified atom stereocenters. The van der Waals surface area contributed by atoms with E-state index in [9.17, 15) is 9.59 Å². The standard InChI is InChI=1S/C10H13NO3/c1-10(2,3)7-6(9(13)14)4-5-11-8(7)12/h4-5H,1-3H3,(H,11,12)(H,13,14). The Bertz CT molecular complexity index is 412. The maximum atomic E-state index is 11.5. The summed E-state index contributed by atoms with van der Waals surface area (Å²) in [5.74, 6) is -1.07. The van der Waals surface area contributed by atoms with Gasteiger partial charge in [0, 0.05) is 11.8 Å². The first-order valence-corrected chi connectivity index (χ1v) is 4.29. The van der Waals surface area contributed by atoms with E-state index in [0.29, 0.717) is 5.56 Å². The van der Waals surface area contributed by atoms with Crippen molar-refractivity contribution in [1.82, 2.24) is 4.98 Å². The van der Waals surface area contributed by atoms with Gasteiger partial charge in [-0.15, -0.1) is 0 Å². The molecule has 0 aliphatic rings. The lowest BCUT2D eigenvalue weighted by Gasteiger charge is -2.19. The van der Waals surface area contributed by atoms with Crippen LogP contribution < -0.4 is 5.56 Å². The lowest BCUT2D eigenvalue weighted by Crippen LogP contribution is -2.28. The molecule has 0 spiro atoms. The van der Waals surface area contributed by atoms with Crippen LogP contribution in [0.4, 0.5) is 0 Å². The Morgan fingerprint density at radius 3 is 2.36 bits per heavy atom. The van der Waals surface area contributed by atoms with Crippen molar-refractivity contribution >= 4 is 5.97 Å². The maximum Gasteiger partial charge on any atom is 0.336 e. The summed E-state index contributed by atoms with van der Waals surface area (Å²) in [7, 11) is 0. The number of pyridine rings is 1. The summed E-state index contributed by atoms with van der Waals surface area (Å²) in [6.45, 7) is 5.43. The number of hydrogen-bond acceptors (Lipinski definition) is 2. The van der Waals surface area contributed by atoms with Gasteiger partial charge in [0.25, 0.3) is 5.56 Å². The number of nitrogens with one attached hydrogen (secondary N) is 1. The molecule has 1 aromatic rings. The van der Waals surface area contributed by atoms with Crippen LogP contribution in [0, 0.1) is 0 Å². The number of aromatic carboxylic acids is 1. The first-order valence-electron chi connectivity index (χ1n) is 4.29. The van der Waals surface area contributed by atoms with Gasteiger partial charge >= 0.3 is 5.97 Å². The summed E-state index contributed by atoms with van der Waals surface area (Å²) >= 11 is 0. The fraction of sp³-hybridized carbons (Fsp3) is 0.400. The number of hydrogen-bond donors (Lipinski definition) is 2. The van der Waals surface area contributed by atoms with Crippen molar-refractivity contribution in [2.45, 2.75) is 26.2 Å². The predicted octanol–water partition coefficient (Wildman–Crippen LogP) is 1.37. The number of carboxylic acids is 1. The summed E-state index contributed by atoms with van der Waals surface area (Å²) in [6.07, 6.45) is 1.35. The number of carboxylic acid groups (broad SMARTS) is 1. The number of carbonyl (C=O) groups is 1. The minimum Gasteiger partial charge on any atom is -0.478 e. The minimum atomic E-state index is -1.07. The first-order chi connectivity index (χ1) is 6.34. The Labute approximate surface area is 81.6 Å². The van der Waals surface area contributed by atoms with Gasteiger partial charge in [-0.25, -0.2) is 4.79 Å². The van der Waals surface area contributed by atoms with Gasteiger partial charge in [-0.3, -0.25) is 4.79 Å². The van der Waals surface area contributed by atoms with E-state index in [1.54, 1.807) is 0 Å². The van der Waals surface area contributed by atoms with E-state index in [1.807, 2.05) is 20.8 Å². The zero-order valence-corrected chi connectivity index (χ0v) is 8.42. The predicted molar refractivity (Wildman–Crippen MR) is 52.7 cm³/mol. The number of H-pyrrole nitrogens is 1. The van der Waals surface area contributed by atoms with Gasteiger partial charge in [0.05, 0.1) is 5.56 Å². The van der Waals surface area contributed by atoms with Crippen molar-refractivity contribution < 1.29 is 9.90 Å². The van der Waals surface area contributed by atoms with Crippen molar-refractivity contribution in [3.8, 4) is 0 Å². The van der Waals surface area contributed by atoms with Gasteiger partial charge in [-0.2, -0.15) is 0 Å². The third kappa shape index (κ3) is 1.84. The van der Waals surface area contributed by atoms with Gasteiger partial charge in [-0.1, -0.05) is 20.8 Å². The molecule has 1 rings (SSSR count). The molecule has 1 heterocycles. The maximum absolute atomic E-state index is 11.5. The van der Waals surface area contributed by atoms with Gasteiger partial charge in [-0.05, 0) is 11.5 Å². The number of aromatic amines is 1. The minimum absolute atomic E-state index is 0.0706. The highest BCUT2D eigenvalue weighted by atomic mass is 16.4.